The molecule has 1 aliphatic carbocycles. The molecule has 0 bridgehead atoms. The van der Waals surface area contributed by atoms with Gasteiger partial charge in [-0.2, -0.15) is 10.1 Å². The smallest absolute Gasteiger partial charge is 0.258 e. The molecule has 1 saturated carbocycles. The highest BCUT2D eigenvalue weighted by Gasteiger charge is 2.39. The number of carbonyl (C=O) groups is 1. The van der Waals surface area contributed by atoms with Gasteiger partial charge in [0, 0.05) is 24.4 Å². The summed E-state index contributed by atoms with van der Waals surface area (Å²) in [5, 5.41) is 11.4. The van der Waals surface area contributed by atoms with E-state index in [-0.39, 0.29) is 11.9 Å². The SMILES string of the molecule is Cc1[nH]nc(C2CC2)c1C(=O)N1CCC[C@@H]1c1nc(-c2ccccn2)no1. The third-order valence-electron chi connectivity index (χ3n) is 5.29. The Morgan fingerprint density at radius 1 is 1.30 bits per heavy atom. The number of hydrogen-bond acceptors (Lipinski definition) is 6. The molecule has 1 N–H and O–H groups in total. The first-order valence-electron chi connectivity index (χ1n) is 9.33. The lowest BCUT2D eigenvalue weighted by Crippen LogP contribution is -2.31. The Bertz CT molecular complexity index is 975. The maximum Gasteiger partial charge on any atom is 0.258 e. The molecular weight excluding hydrogens is 344 g/mol. The van der Waals surface area contributed by atoms with Crippen LogP contribution in [0.25, 0.3) is 11.5 Å². The van der Waals surface area contributed by atoms with Crippen LogP contribution in [0.5, 0.6) is 0 Å². The van der Waals surface area contributed by atoms with E-state index in [0.717, 1.165) is 37.1 Å². The molecule has 2 fully saturated rings. The second-order valence-electron chi connectivity index (χ2n) is 7.21. The summed E-state index contributed by atoms with van der Waals surface area (Å²) in [6.45, 7) is 2.59. The van der Waals surface area contributed by atoms with Crippen molar-refractivity contribution in [2.24, 2.45) is 0 Å². The minimum Gasteiger partial charge on any atom is -0.337 e. The minimum absolute atomic E-state index is 0.00300. The van der Waals surface area contributed by atoms with E-state index in [1.54, 1.807) is 6.20 Å². The van der Waals surface area contributed by atoms with Gasteiger partial charge in [0.1, 0.15) is 11.7 Å². The molecule has 0 aromatic carbocycles. The van der Waals surface area contributed by atoms with Crippen LogP contribution in [0, 0.1) is 6.92 Å². The highest BCUT2D eigenvalue weighted by atomic mass is 16.5. The molecular formula is C19H20N6O2. The van der Waals surface area contributed by atoms with Crippen LogP contribution in [0.2, 0.25) is 0 Å². The fraction of sp³-hybridized carbons (Fsp3) is 0.421. The van der Waals surface area contributed by atoms with E-state index in [2.05, 4.69) is 25.3 Å². The van der Waals surface area contributed by atoms with Crippen molar-refractivity contribution in [1.82, 2.24) is 30.2 Å². The number of hydrogen-bond donors (Lipinski definition) is 1. The second-order valence-corrected chi connectivity index (χ2v) is 7.21. The number of aromatic amines is 1. The van der Waals surface area contributed by atoms with Gasteiger partial charge in [0.05, 0.1) is 11.3 Å². The molecule has 1 saturated heterocycles. The van der Waals surface area contributed by atoms with Gasteiger partial charge in [-0.1, -0.05) is 11.2 Å². The highest BCUT2D eigenvalue weighted by Crippen LogP contribution is 2.42. The zero-order chi connectivity index (χ0) is 18.4. The van der Waals surface area contributed by atoms with Crippen molar-refractivity contribution >= 4 is 5.91 Å². The summed E-state index contributed by atoms with van der Waals surface area (Å²) in [5.41, 5.74) is 3.11. The molecule has 1 amide bonds. The second kappa shape index (κ2) is 6.29. The van der Waals surface area contributed by atoms with Gasteiger partial charge in [0.15, 0.2) is 0 Å². The predicted molar refractivity (Wildman–Crippen MR) is 95.8 cm³/mol. The molecule has 5 rings (SSSR count). The van der Waals surface area contributed by atoms with Crippen LogP contribution in [-0.2, 0) is 0 Å². The van der Waals surface area contributed by atoms with Gasteiger partial charge in [0.25, 0.3) is 5.91 Å². The van der Waals surface area contributed by atoms with Crippen molar-refractivity contribution in [2.75, 3.05) is 6.54 Å². The van der Waals surface area contributed by atoms with Crippen molar-refractivity contribution in [2.45, 2.75) is 44.6 Å². The fourth-order valence-corrected chi connectivity index (χ4v) is 3.75. The van der Waals surface area contributed by atoms with Crippen LogP contribution < -0.4 is 0 Å². The Hall–Kier alpha value is -3.03. The van der Waals surface area contributed by atoms with Gasteiger partial charge in [-0.15, -0.1) is 0 Å². The van der Waals surface area contributed by atoms with E-state index in [1.807, 2.05) is 30.0 Å². The zero-order valence-corrected chi connectivity index (χ0v) is 15.1. The first kappa shape index (κ1) is 16.2. The molecule has 1 aliphatic heterocycles. The third-order valence-corrected chi connectivity index (χ3v) is 5.29. The molecule has 8 heteroatoms. The van der Waals surface area contributed by atoms with Crippen molar-refractivity contribution < 1.29 is 9.32 Å². The molecule has 3 aromatic heterocycles. The van der Waals surface area contributed by atoms with Gasteiger partial charge in [0.2, 0.25) is 11.7 Å². The summed E-state index contributed by atoms with van der Waals surface area (Å²) < 4.78 is 5.50. The van der Waals surface area contributed by atoms with E-state index in [0.29, 0.717) is 35.4 Å². The average Bonchev–Trinajstić information content (AvgIpc) is 3.11. The molecule has 2 aliphatic rings. The van der Waals surface area contributed by atoms with Gasteiger partial charge < -0.3 is 9.42 Å². The van der Waals surface area contributed by atoms with E-state index >= 15 is 0 Å². The number of amides is 1. The van der Waals surface area contributed by atoms with Crippen molar-refractivity contribution in [3.8, 4) is 11.5 Å². The maximum absolute atomic E-state index is 13.3. The van der Waals surface area contributed by atoms with E-state index in [4.69, 9.17) is 4.52 Å². The van der Waals surface area contributed by atoms with Gasteiger partial charge >= 0.3 is 0 Å². The molecule has 27 heavy (non-hydrogen) atoms. The zero-order valence-electron chi connectivity index (χ0n) is 15.1. The van der Waals surface area contributed by atoms with Crippen LogP contribution >= 0.6 is 0 Å². The summed E-state index contributed by atoms with van der Waals surface area (Å²) in [5.74, 6) is 1.33. The molecule has 4 heterocycles. The van der Waals surface area contributed by atoms with Crippen LogP contribution in [0.3, 0.4) is 0 Å². The summed E-state index contributed by atoms with van der Waals surface area (Å²) in [7, 11) is 0. The van der Waals surface area contributed by atoms with Gasteiger partial charge in [-0.05, 0) is 44.7 Å². The molecule has 0 unspecified atom stereocenters. The fourth-order valence-electron chi connectivity index (χ4n) is 3.75. The third kappa shape index (κ3) is 2.81. The lowest BCUT2D eigenvalue weighted by atomic mass is 10.1. The topological polar surface area (TPSA) is 101 Å². The Morgan fingerprint density at radius 3 is 2.96 bits per heavy atom. The van der Waals surface area contributed by atoms with Crippen LogP contribution in [0.4, 0.5) is 0 Å². The number of H-pyrrole nitrogens is 1. The van der Waals surface area contributed by atoms with Gasteiger partial charge in [-0.3, -0.25) is 14.9 Å². The average molecular weight is 364 g/mol. The Balaban J connectivity index is 1.44. The van der Waals surface area contributed by atoms with Crippen LogP contribution in [0.15, 0.2) is 28.9 Å². The Labute approximate surface area is 156 Å². The standard InChI is InChI=1S/C19H20N6O2/c1-11-15(16(23-22-11)12-7-8-12)19(26)25-10-4-6-14(25)18-21-17(24-27-18)13-5-2-3-9-20-13/h2-3,5,9,12,14H,4,6-8,10H2,1H3,(H,22,23)/t14-/m1/s1. The number of aryl methyl sites for hydroxylation is 1. The lowest BCUT2D eigenvalue weighted by molar-refractivity contribution is 0.0708. The molecule has 0 radical (unpaired) electrons. The van der Waals surface area contributed by atoms with Crippen molar-refractivity contribution in [1.29, 1.82) is 0 Å². The lowest BCUT2D eigenvalue weighted by Gasteiger charge is -2.22. The summed E-state index contributed by atoms with van der Waals surface area (Å²) >= 11 is 0. The number of rotatable bonds is 4. The highest BCUT2D eigenvalue weighted by molar-refractivity contribution is 5.97. The molecule has 1 atom stereocenters. The predicted octanol–water partition coefficient (Wildman–Crippen LogP) is 3.02. The Morgan fingerprint density at radius 2 is 2.19 bits per heavy atom. The number of nitrogens with one attached hydrogen (secondary N) is 1. The summed E-state index contributed by atoms with van der Waals surface area (Å²) in [6, 6.07) is 5.35. The van der Waals surface area contributed by atoms with Crippen molar-refractivity contribution in [3.63, 3.8) is 0 Å². The molecule has 138 valence electrons. The number of aromatic nitrogens is 5. The number of likely N-dealkylation sites (tertiary alicyclic amines) is 1. The van der Waals surface area contributed by atoms with Crippen LogP contribution in [-0.4, -0.2) is 42.7 Å². The number of pyridine rings is 1. The molecule has 0 spiro atoms. The van der Waals surface area contributed by atoms with Gasteiger partial charge in [-0.25, -0.2) is 0 Å². The maximum atomic E-state index is 13.3. The quantitative estimate of drug-likeness (QED) is 0.764. The minimum atomic E-state index is -0.205. The first-order chi connectivity index (χ1) is 13.2. The monoisotopic (exact) mass is 364 g/mol. The summed E-state index contributed by atoms with van der Waals surface area (Å²) in [4.78, 5) is 23.9. The largest absolute Gasteiger partial charge is 0.337 e. The number of nitrogens with zero attached hydrogens (tertiary/aromatic N) is 5. The summed E-state index contributed by atoms with van der Waals surface area (Å²) in [6.07, 6.45) is 5.62. The van der Waals surface area contributed by atoms with Crippen molar-refractivity contribution in [3.05, 3.63) is 47.2 Å². The first-order valence-corrected chi connectivity index (χ1v) is 9.33. The van der Waals surface area contributed by atoms with Crippen LogP contribution in [0.1, 0.15) is 65.3 Å². The number of carbonyl (C=O) groups excluding carboxylic acids is 1. The van der Waals surface area contributed by atoms with E-state index in [9.17, 15) is 4.79 Å². The Kier molecular flexibility index (Phi) is 3.77. The van der Waals surface area contributed by atoms with E-state index < -0.39 is 0 Å². The molecule has 8 nitrogen and oxygen atoms in total. The van der Waals surface area contributed by atoms with E-state index in [1.165, 1.54) is 0 Å². The molecule has 3 aromatic rings. The normalized spacial score (nSPS) is 19.6.